The van der Waals surface area contributed by atoms with E-state index in [1.807, 2.05) is 36.1 Å². The van der Waals surface area contributed by atoms with Gasteiger partial charge in [-0.05, 0) is 30.5 Å². The number of carbonyl (C=O) groups is 1. The zero-order valence-corrected chi connectivity index (χ0v) is 11.7. The lowest BCUT2D eigenvalue weighted by Crippen LogP contribution is -2.26. The van der Waals surface area contributed by atoms with Crippen molar-refractivity contribution in [1.82, 2.24) is 9.78 Å². The van der Waals surface area contributed by atoms with Crippen molar-refractivity contribution in [3.63, 3.8) is 0 Å². The van der Waals surface area contributed by atoms with Gasteiger partial charge < -0.3 is 4.90 Å². The van der Waals surface area contributed by atoms with Crippen LogP contribution in [0.1, 0.15) is 28.8 Å². The molecule has 0 radical (unpaired) electrons. The SMILES string of the molecule is Cn1cc(CCN2CCCC(=O)c3ccccc32)cn1. The van der Waals surface area contributed by atoms with Crippen molar-refractivity contribution >= 4 is 11.5 Å². The second-order valence-electron chi connectivity index (χ2n) is 5.30. The van der Waals surface area contributed by atoms with E-state index in [0.717, 1.165) is 37.2 Å². The van der Waals surface area contributed by atoms with Crippen LogP contribution in [-0.4, -0.2) is 28.7 Å². The Morgan fingerprint density at radius 3 is 2.95 bits per heavy atom. The van der Waals surface area contributed by atoms with Gasteiger partial charge in [0.05, 0.1) is 6.20 Å². The van der Waals surface area contributed by atoms with Crippen LogP contribution < -0.4 is 4.90 Å². The molecule has 0 saturated heterocycles. The van der Waals surface area contributed by atoms with E-state index in [2.05, 4.69) is 22.3 Å². The number of hydrogen-bond donors (Lipinski definition) is 0. The summed E-state index contributed by atoms with van der Waals surface area (Å²) in [7, 11) is 1.93. The number of aromatic nitrogens is 2. The lowest BCUT2D eigenvalue weighted by Gasteiger charge is -2.24. The first-order chi connectivity index (χ1) is 9.74. The maximum absolute atomic E-state index is 12.1. The lowest BCUT2D eigenvalue weighted by molar-refractivity contribution is 0.0984. The maximum Gasteiger partial charge on any atom is 0.165 e. The van der Waals surface area contributed by atoms with Gasteiger partial charge in [0.2, 0.25) is 0 Å². The van der Waals surface area contributed by atoms with Gasteiger partial charge in [-0.15, -0.1) is 0 Å². The Balaban J connectivity index is 1.79. The van der Waals surface area contributed by atoms with Gasteiger partial charge in [-0.3, -0.25) is 9.48 Å². The summed E-state index contributed by atoms with van der Waals surface area (Å²) >= 11 is 0. The van der Waals surface area contributed by atoms with E-state index in [-0.39, 0.29) is 5.78 Å². The first-order valence-corrected chi connectivity index (χ1v) is 7.09. The van der Waals surface area contributed by atoms with Crippen LogP contribution in [0.25, 0.3) is 0 Å². The molecule has 20 heavy (non-hydrogen) atoms. The van der Waals surface area contributed by atoms with Gasteiger partial charge in [0.15, 0.2) is 5.78 Å². The van der Waals surface area contributed by atoms with Gasteiger partial charge in [-0.2, -0.15) is 5.10 Å². The summed E-state index contributed by atoms with van der Waals surface area (Å²) in [6.07, 6.45) is 6.50. The molecule has 0 spiro atoms. The molecule has 0 unspecified atom stereocenters. The Bertz CT molecular complexity index is 618. The average molecular weight is 269 g/mol. The number of carbonyl (C=O) groups excluding carboxylic acids is 1. The minimum Gasteiger partial charge on any atom is -0.371 e. The summed E-state index contributed by atoms with van der Waals surface area (Å²) in [5.74, 6) is 0.268. The molecule has 4 nitrogen and oxygen atoms in total. The average Bonchev–Trinajstić information content (AvgIpc) is 2.80. The molecule has 0 atom stereocenters. The number of hydrogen-bond acceptors (Lipinski definition) is 3. The Kier molecular flexibility index (Phi) is 3.54. The Morgan fingerprint density at radius 1 is 1.30 bits per heavy atom. The lowest BCUT2D eigenvalue weighted by atomic mass is 10.1. The van der Waals surface area contributed by atoms with Gasteiger partial charge in [-0.25, -0.2) is 0 Å². The van der Waals surface area contributed by atoms with Gasteiger partial charge >= 0.3 is 0 Å². The number of benzene rings is 1. The first kappa shape index (κ1) is 12.9. The summed E-state index contributed by atoms with van der Waals surface area (Å²) < 4.78 is 1.83. The van der Waals surface area contributed by atoms with Gasteiger partial charge in [0.25, 0.3) is 0 Å². The van der Waals surface area contributed by atoms with Crippen LogP contribution in [-0.2, 0) is 13.5 Å². The molecule has 104 valence electrons. The zero-order chi connectivity index (χ0) is 13.9. The topological polar surface area (TPSA) is 38.1 Å². The summed E-state index contributed by atoms with van der Waals surface area (Å²) in [6, 6.07) is 7.96. The third-order valence-corrected chi connectivity index (χ3v) is 3.81. The van der Waals surface area contributed by atoms with Gasteiger partial charge in [0.1, 0.15) is 0 Å². The van der Waals surface area contributed by atoms with Crippen molar-refractivity contribution in [3.8, 4) is 0 Å². The van der Waals surface area contributed by atoms with Crippen molar-refractivity contribution in [2.45, 2.75) is 19.3 Å². The standard InChI is InChI=1S/C16H19N3O/c1-18-12-13(11-17-18)8-10-19-9-4-7-16(20)14-5-2-3-6-15(14)19/h2-3,5-6,11-12H,4,7-10H2,1H3. The van der Waals surface area contributed by atoms with Crippen LogP contribution in [0, 0.1) is 0 Å². The molecule has 0 fully saturated rings. The number of Topliss-reactive ketones (excluding diaryl/α,β-unsaturated/α-hetero) is 1. The predicted octanol–water partition coefficient (Wildman–Crippen LogP) is 2.45. The highest BCUT2D eigenvalue weighted by atomic mass is 16.1. The molecule has 4 heteroatoms. The van der Waals surface area contributed by atoms with Crippen LogP contribution in [0.15, 0.2) is 36.7 Å². The first-order valence-electron chi connectivity index (χ1n) is 7.09. The Morgan fingerprint density at radius 2 is 2.15 bits per heavy atom. The normalized spacial score (nSPS) is 15.1. The fraction of sp³-hybridized carbons (Fsp3) is 0.375. The monoisotopic (exact) mass is 269 g/mol. The molecule has 1 aromatic heterocycles. The number of ketones is 1. The van der Waals surface area contributed by atoms with Crippen LogP contribution >= 0.6 is 0 Å². The van der Waals surface area contributed by atoms with E-state index in [0.29, 0.717) is 6.42 Å². The van der Waals surface area contributed by atoms with Crippen LogP contribution in [0.5, 0.6) is 0 Å². The molecular formula is C16H19N3O. The van der Waals surface area contributed by atoms with Crippen molar-refractivity contribution in [2.24, 2.45) is 7.05 Å². The highest BCUT2D eigenvalue weighted by Gasteiger charge is 2.20. The zero-order valence-electron chi connectivity index (χ0n) is 11.7. The maximum atomic E-state index is 12.1. The fourth-order valence-corrected chi connectivity index (χ4v) is 2.77. The third kappa shape index (κ3) is 2.59. The number of anilines is 1. The van der Waals surface area contributed by atoms with E-state index in [4.69, 9.17) is 0 Å². The second kappa shape index (κ2) is 5.49. The van der Waals surface area contributed by atoms with Crippen molar-refractivity contribution in [3.05, 3.63) is 47.8 Å². The van der Waals surface area contributed by atoms with E-state index in [9.17, 15) is 4.79 Å². The quantitative estimate of drug-likeness (QED) is 0.859. The molecule has 3 rings (SSSR count). The number of rotatable bonds is 3. The molecule has 1 aliphatic rings. The van der Waals surface area contributed by atoms with Crippen LogP contribution in [0.3, 0.4) is 0 Å². The van der Waals surface area contributed by atoms with Crippen molar-refractivity contribution in [2.75, 3.05) is 18.0 Å². The van der Waals surface area contributed by atoms with Gasteiger partial charge in [0, 0.05) is 44.0 Å². The van der Waals surface area contributed by atoms with Crippen LogP contribution in [0.2, 0.25) is 0 Å². The molecule has 0 saturated carbocycles. The molecule has 0 N–H and O–H groups in total. The minimum atomic E-state index is 0.268. The van der Waals surface area contributed by atoms with E-state index in [1.165, 1.54) is 5.56 Å². The Labute approximate surface area is 119 Å². The Hall–Kier alpha value is -2.10. The van der Waals surface area contributed by atoms with Crippen molar-refractivity contribution in [1.29, 1.82) is 0 Å². The molecule has 1 aliphatic heterocycles. The second-order valence-corrected chi connectivity index (χ2v) is 5.30. The molecule has 2 heterocycles. The van der Waals surface area contributed by atoms with Crippen molar-refractivity contribution < 1.29 is 4.79 Å². The number of aryl methyl sites for hydroxylation is 1. The summed E-state index contributed by atoms with van der Waals surface area (Å²) in [5, 5.41) is 4.20. The molecule has 0 bridgehead atoms. The van der Waals surface area contributed by atoms with Gasteiger partial charge in [-0.1, -0.05) is 12.1 Å². The number of fused-ring (bicyclic) bond motifs is 1. The minimum absolute atomic E-state index is 0.268. The highest BCUT2D eigenvalue weighted by molar-refractivity contribution is 6.01. The molecule has 1 aromatic carbocycles. The summed E-state index contributed by atoms with van der Waals surface area (Å²) in [6.45, 7) is 1.87. The highest BCUT2D eigenvalue weighted by Crippen LogP contribution is 2.26. The van der Waals surface area contributed by atoms with E-state index < -0.39 is 0 Å². The number of para-hydroxylation sites is 1. The smallest absolute Gasteiger partial charge is 0.165 e. The number of nitrogens with zero attached hydrogens (tertiary/aromatic N) is 3. The van der Waals surface area contributed by atoms with Crippen LogP contribution in [0.4, 0.5) is 5.69 Å². The molecule has 0 aliphatic carbocycles. The van der Waals surface area contributed by atoms with E-state index in [1.54, 1.807) is 0 Å². The summed E-state index contributed by atoms with van der Waals surface area (Å²) in [4.78, 5) is 14.4. The predicted molar refractivity (Wildman–Crippen MR) is 79.1 cm³/mol. The molecular weight excluding hydrogens is 250 g/mol. The molecule has 0 amide bonds. The molecule has 2 aromatic rings. The fourth-order valence-electron chi connectivity index (χ4n) is 2.77. The largest absolute Gasteiger partial charge is 0.371 e. The summed E-state index contributed by atoms with van der Waals surface area (Å²) in [5.41, 5.74) is 3.19. The van der Waals surface area contributed by atoms with E-state index >= 15 is 0 Å². The third-order valence-electron chi connectivity index (χ3n) is 3.81.